The molecule has 31 heavy (non-hydrogen) atoms. The van der Waals surface area contributed by atoms with Crippen LogP contribution in [0.3, 0.4) is 0 Å². The van der Waals surface area contributed by atoms with Crippen molar-refractivity contribution in [3.8, 4) is 0 Å². The van der Waals surface area contributed by atoms with Gasteiger partial charge in [-0.2, -0.15) is 0 Å². The Bertz CT molecular complexity index is 947. The molecule has 1 aromatic carbocycles. The molecule has 1 saturated carbocycles. The minimum Gasteiger partial charge on any atom is -0.411 e. The molecule has 1 heterocycles. The largest absolute Gasteiger partial charge is 0.411 e. The number of hydrogen-bond acceptors (Lipinski definition) is 5. The monoisotopic (exact) mass is 443 g/mol. The van der Waals surface area contributed by atoms with Crippen LogP contribution in [0.25, 0.3) is 10.9 Å². The molecule has 7 heteroatoms. The minimum absolute atomic E-state index is 0.0401. The first kappa shape index (κ1) is 23.7. The van der Waals surface area contributed by atoms with Gasteiger partial charge < -0.3 is 10.2 Å². The summed E-state index contributed by atoms with van der Waals surface area (Å²) in [5.41, 5.74) is 7.46. The number of para-hydroxylation sites is 1. The fourth-order valence-electron chi connectivity index (χ4n) is 4.53. The van der Waals surface area contributed by atoms with Crippen LogP contribution in [0.1, 0.15) is 71.4 Å². The number of fused-ring (bicyclic) bond motifs is 1. The van der Waals surface area contributed by atoms with Gasteiger partial charge in [0.25, 0.3) is 0 Å². The van der Waals surface area contributed by atoms with E-state index in [1.807, 2.05) is 18.2 Å². The maximum Gasteiger partial charge on any atom is 0.314 e. The summed E-state index contributed by atoms with van der Waals surface area (Å²) in [5, 5.41) is 12.6. The van der Waals surface area contributed by atoms with Crippen LogP contribution in [0.2, 0.25) is 18.1 Å². The number of pyridine rings is 1. The molecule has 170 valence electrons. The van der Waals surface area contributed by atoms with Crippen LogP contribution in [-0.2, 0) is 10.8 Å². The summed E-state index contributed by atoms with van der Waals surface area (Å²) in [4.78, 5) is 16.0. The zero-order chi connectivity index (χ0) is 22.9. The number of hydrogen-bond donors (Lipinski definition) is 1. The predicted molar refractivity (Wildman–Crippen MR) is 130 cm³/mol. The van der Waals surface area contributed by atoms with E-state index in [0.29, 0.717) is 23.0 Å². The first-order valence-electron chi connectivity index (χ1n) is 11.5. The van der Waals surface area contributed by atoms with E-state index in [1.54, 1.807) is 6.07 Å². The van der Waals surface area contributed by atoms with Gasteiger partial charge >= 0.3 is 5.69 Å². The highest BCUT2D eigenvalue weighted by Gasteiger charge is 2.45. The molecule has 1 aliphatic carbocycles. The van der Waals surface area contributed by atoms with Gasteiger partial charge in [0.15, 0.2) is 8.32 Å². The van der Waals surface area contributed by atoms with Gasteiger partial charge in [-0.3, -0.25) is 10.1 Å². The van der Waals surface area contributed by atoms with Crippen molar-refractivity contribution in [3.63, 3.8) is 0 Å². The molecular formula is C24H37N3O3Si. The molecule has 0 unspecified atom stereocenters. The minimum atomic E-state index is -1.91. The van der Waals surface area contributed by atoms with Gasteiger partial charge in [0.2, 0.25) is 0 Å². The van der Waals surface area contributed by atoms with Crippen molar-refractivity contribution >= 4 is 30.6 Å². The Balaban J connectivity index is 1.83. The normalized spacial score (nSPS) is 17.1. The lowest BCUT2D eigenvalue weighted by atomic mass is 9.81. The summed E-state index contributed by atoms with van der Waals surface area (Å²) in [5.74, 6) is 0. The number of aryl methyl sites for hydroxylation is 1. The van der Waals surface area contributed by atoms with E-state index in [9.17, 15) is 10.1 Å². The second-order valence-corrected chi connectivity index (χ2v) is 15.3. The van der Waals surface area contributed by atoms with Crippen molar-refractivity contribution in [1.29, 1.82) is 0 Å². The summed E-state index contributed by atoms with van der Waals surface area (Å²) in [6.45, 7) is 11.5. The molecule has 0 saturated heterocycles. The Morgan fingerprint density at radius 1 is 1.19 bits per heavy atom. The number of benzene rings is 1. The standard InChI is InChI=1S/C24H37N3O3Si/c1-23(2,3)31(4,5)30-24(15-9-6-10-16-24)17-11-14-20-22(27(28)29)21(25)18-12-7-8-13-19(18)26-20/h7-8,12-13H,6,9-11,14-17H2,1-5H3,(H2,25,26). The van der Waals surface area contributed by atoms with Crippen molar-refractivity contribution in [2.75, 3.05) is 5.73 Å². The van der Waals surface area contributed by atoms with Crippen LogP contribution >= 0.6 is 0 Å². The van der Waals surface area contributed by atoms with Crippen LogP contribution in [0.4, 0.5) is 11.4 Å². The molecule has 1 fully saturated rings. The molecule has 3 rings (SSSR count). The maximum absolute atomic E-state index is 11.8. The second kappa shape index (κ2) is 8.86. The molecule has 0 radical (unpaired) electrons. The quantitative estimate of drug-likeness (QED) is 0.289. The summed E-state index contributed by atoms with van der Waals surface area (Å²) in [7, 11) is -1.91. The maximum atomic E-state index is 11.8. The Kier molecular flexibility index (Phi) is 6.77. The lowest BCUT2D eigenvalue weighted by molar-refractivity contribution is -0.384. The summed E-state index contributed by atoms with van der Waals surface area (Å²) in [6, 6.07) is 7.36. The van der Waals surface area contributed by atoms with E-state index < -0.39 is 8.32 Å². The summed E-state index contributed by atoms with van der Waals surface area (Å²) < 4.78 is 7.00. The lowest BCUT2D eigenvalue weighted by Gasteiger charge is -2.47. The van der Waals surface area contributed by atoms with Gasteiger partial charge in [0, 0.05) is 5.39 Å². The molecule has 0 spiro atoms. The number of nitro groups is 1. The van der Waals surface area contributed by atoms with Crippen molar-refractivity contribution in [3.05, 3.63) is 40.1 Å². The third-order valence-corrected chi connectivity index (χ3v) is 11.8. The first-order chi connectivity index (χ1) is 14.5. The molecule has 6 nitrogen and oxygen atoms in total. The number of aromatic nitrogens is 1. The second-order valence-electron chi connectivity index (χ2n) is 10.6. The SMILES string of the molecule is CC(C)(C)[Si](C)(C)OC1(CCCc2nc3ccccc3c(N)c2[N+](=O)[O-])CCCCC1. The van der Waals surface area contributed by atoms with Gasteiger partial charge in [-0.05, 0) is 56.3 Å². The van der Waals surface area contributed by atoms with Crippen LogP contribution in [-0.4, -0.2) is 23.8 Å². The molecule has 0 atom stereocenters. The zero-order valence-electron chi connectivity index (χ0n) is 19.7. The van der Waals surface area contributed by atoms with E-state index in [-0.39, 0.29) is 26.9 Å². The van der Waals surface area contributed by atoms with Crippen LogP contribution < -0.4 is 5.73 Å². The topological polar surface area (TPSA) is 91.3 Å². The highest BCUT2D eigenvalue weighted by Crippen LogP contribution is 2.45. The average molecular weight is 444 g/mol. The number of anilines is 1. The third kappa shape index (κ3) is 5.09. The molecule has 1 aromatic heterocycles. The number of nitrogens with two attached hydrogens (primary N) is 1. The van der Waals surface area contributed by atoms with E-state index in [4.69, 9.17) is 10.2 Å². The lowest BCUT2D eigenvalue weighted by Crippen LogP contribution is -2.50. The Morgan fingerprint density at radius 2 is 1.84 bits per heavy atom. The molecule has 2 N–H and O–H groups in total. The van der Waals surface area contributed by atoms with Gasteiger partial charge in [0.1, 0.15) is 11.4 Å². The molecule has 0 aliphatic heterocycles. The van der Waals surface area contributed by atoms with Crippen molar-refractivity contribution in [2.24, 2.45) is 0 Å². The molecular weight excluding hydrogens is 406 g/mol. The van der Waals surface area contributed by atoms with Gasteiger partial charge in [-0.15, -0.1) is 0 Å². The van der Waals surface area contributed by atoms with Gasteiger partial charge in [-0.25, -0.2) is 4.98 Å². The highest BCUT2D eigenvalue weighted by molar-refractivity contribution is 6.74. The molecule has 2 aromatic rings. The van der Waals surface area contributed by atoms with E-state index in [2.05, 4.69) is 38.8 Å². The van der Waals surface area contributed by atoms with Gasteiger partial charge in [-0.1, -0.05) is 58.2 Å². The smallest absolute Gasteiger partial charge is 0.314 e. The summed E-state index contributed by atoms with van der Waals surface area (Å²) in [6.07, 6.45) is 8.05. The van der Waals surface area contributed by atoms with Crippen LogP contribution in [0.15, 0.2) is 24.3 Å². The predicted octanol–water partition coefficient (Wildman–Crippen LogP) is 6.77. The fraction of sp³-hybridized carbons (Fsp3) is 0.625. The number of nitrogens with zero attached hydrogens (tertiary/aromatic N) is 2. The van der Waals surface area contributed by atoms with Crippen molar-refractivity contribution in [1.82, 2.24) is 4.98 Å². The van der Waals surface area contributed by atoms with Gasteiger partial charge in [0.05, 0.1) is 16.0 Å². The fourth-order valence-corrected chi connectivity index (χ4v) is 6.22. The van der Waals surface area contributed by atoms with E-state index in [1.165, 1.54) is 19.3 Å². The van der Waals surface area contributed by atoms with Crippen molar-refractivity contribution < 1.29 is 9.35 Å². The first-order valence-corrected chi connectivity index (χ1v) is 14.4. The molecule has 0 amide bonds. The van der Waals surface area contributed by atoms with E-state index >= 15 is 0 Å². The highest BCUT2D eigenvalue weighted by atomic mass is 28.4. The molecule has 1 aliphatic rings. The number of nitrogen functional groups attached to an aromatic ring is 1. The van der Waals surface area contributed by atoms with Crippen LogP contribution in [0.5, 0.6) is 0 Å². The zero-order valence-corrected chi connectivity index (χ0v) is 20.7. The third-order valence-electron chi connectivity index (χ3n) is 7.25. The Labute approximate surface area is 186 Å². The van der Waals surface area contributed by atoms with E-state index in [0.717, 1.165) is 25.7 Å². The summed E-state index contributed by atoms with van der Waals surface area (Å²) >= 11 is 0. The number of rotatable bonds is 7. The van der Waals surface area contributed by atoms with Crippen molar-refractivity contribution in [2.45, 2.75) is 95.9 Å². The average Bonchev–Trinajstić information content (AvgIpc) is 2.67. The Hall–Kier alpha value is -1.99. The molecule has 0 bridgehead atoms. The van der Waals surface area contributed by atoms with Crippen LogP contribution in [0, 0.1) is 10.1 Å². The Morgan fingerprint density at radius 3 is 2.45 bits per heavy atom.